The van der Waals surface area contributed by atoms with Crippen molar-refractivity contribution in [1.29, 1.82) is 0 Å². The van der Waals surface area contributed by atoms with Crippen molar-refractivity contribution < 1.29 is 0 Å². The van der Waals surface area contributed by atoms with Crippen LogP contribution in [0.4, 0.5) is 5.82 Å². The van der Waals surface area contributed by atoms with Crippen LogP contribution in [-0.4, -0.2) is 19.5 Å². The number of nitrogen functional groups attached to an aromatic ring is 1. The minimum Gasteiger partial charge on any atom is -0.328 e. The second kappa shape index (κ2) is 6.22. The zero-order valence-electron chi connectivity index (χ0n) is 12.4. The topological polar surface area (TPSA) is 81.7 Å². The van der Waals surface area contributed by atoms with Crippen LogP contribution in [0.2, 0.25) is 0 Å². The van der Waals surface area contributed by atoms with Crippen LogP contribution in [0.3, 0.4) is 0 Å². The molecule has 112 valence electrons. The van der Waals surface area contributed by atoms with Gasteiger partial charge in [0.15, 0.2) is 5.82 Å². The Morgan fingerprint density at radius 2 is 2.14 bits per heavy atom. The van der Waals surface area contributed by atoms with E-state index >= 15 is 0 Å². The summed E-state index contributed by atoms with van der Waals surface area (Å²) < 4.78 is 2.09. The molecule has 1 saturated carbocycles. The molecule has 0 unspecified atom stereocenters. The number of aryl methyl sites for hydroxylation is 1. The fourth-order valence-electron chi connectivity index (χ4n) is 3.01. The maximum Gasteiger partial charge on any atom is 0.180 e. The molecular weight excluding hydrogens is 264 g/mol. The lowest BCUT2D eigenvalue weighted by atomic mass is 10.0. The first kappa shape index (κ1) is 14.0. The molecule has 0 radical (unpaired) electrons. The summed E-state index contributed by atoms with van der Waals surface area (Å²) in [6.45, 7) is 3.06. The zero-order chi connectivity index (χ0) is 14.7. The van der Waals surface area contributed by atoms with Gasteiger partial charge in [-0.05, 0) is 19.3 Å². The molecule has 2 heterocycles. The van der Waals surface area contributed by atoms with Gasteiger partial charge < -0.3 is 9.99 Å². The first-order chi connectivity index (χ1) is 10.3. The van der Waals surface area contributed by atoms with Gasteiger partial charge in [0.1, 0.15) is 11.5 Å². The average Bonchev–Trinajstić information content (AvgIpc) is 3.18. The molecule has 1 aliphatic carbocycles. The molecule has 21 heavy (non-hydrogen) atoms. The van der Waals surface area contributed by atoms with Gasteiger partial charge in [0.25, 0.3) is 0 Å². The minimum atomic E-state index is 0.529. The highest BCUT2D eigenvalue weighted by Gasteiger charge is 2.21. The summed E-state index contributed by atoms with van der Waals surface area (Å²) in [7, 11) is 0. The molecule has 0 amide bonds. The SMILES string of the molecule is CCCn1cncc1-c1nc(NN)cc(C2CCCC2)n1. The highest BCUT2D eigenvalue weighted by molar-refractivity contribution is 5.53. The molecule has 1 aliphatic rings. The number of hydrogen-bond acceptors (Lipinski definition) is 5. The summed E-state index contributed by atoms with van der Waals surface area (Å²) in [5.74, 6) is 7.48. The lowest BCUT2D eigenvalue weighted by Crippen LogP contribution is -2.12. The van der Waals surface area contributed by atoms with Gasteiger partial charge in [-0.3, -0.25) is 0 Å². The quantitative estimate of drug-likeness (QED) is 0.652. The molecule has 0 atom stereocenters. The third-order valence-corrected chi connectivity index (χ3v) is 4.07. The lowest BCUT2D eigenvalue weighted by molar-refractivity contribution is 0.674. The summed E-state index contributed by atoms with van der Waals surface area (Å²) in [6.07, 6.45) is 9.67. The summed E-state index contributed by atoms with van der Waals surface area (Å²) in [5.41, 5.74) is 4.71. The first-order valence-electron chi connectivity index (χ1n) is 7.68. The smallest absolute Gasteiger partial charge is 0.180 e. The van der Waals surface area contributed by atoms with Crippen LogP contribution in [0.15, 0.2) is 18.6 Å². The van der Waals surface area contributed by atoms with E-state index in [1.807, 2.05) is 18.6 Å². The van der Waals surface area contributed by atoms with Crippen molar-refractivity contribution in [2.24, 2.45) is 5.84 Å². The number of nitrogens with one attached hydrogen (secondary N) is 1. The standard InChI is InChI=1S/C15H22N6/c1-2-7-21-10-17-9-13(21)15-18-12(8-14(19-15)20-16)11-5-3-4-6-11/h8-11H,2-7,16H2,1H3,(H,18,19,20). The minimum absolute atomic E-state index is 0.529. The summed E-state index contributed by atoms with van der Waals surface area (Å²) in [4.78, 5) is 13.5. The van der Waals surface area contributed by atoms with E-state index in [0.29, 0.717) is 17.6 Å². The van der Waals surface area contributed by atoms with Crippen LogP contribution in [0.5, 0.6) is 0 Å². The molecule has 6 heteroatoms. The number of nitrogens with two attached hydrogens (primary N) is 1. The number of imidazole rings is 1. The molecule has 0 bridgehead atoms. The summed E-state index contributed by atoms with van der Waals surface area (Å²) in [6, 6.07) is 1.97. The zero-order valence-corrected chi connectivity index (χ0v) is 12.4. The van der Waals surface area contributed by atoms with E-state index in [1.165, 1.54) is 25.7 Å². The van der Waals surface area contributed by atoms with Crippen LogP contribution in [0.25, 0.3) is 11.5 Å². The average molecular weight is 286 g/mol. The van der Waals surface area contributed by atoms with E-state index in [4.69, 9.17) is 10.8 Å². The van der Waals surface area contributed by atoms with Gasteiger partial charge in [0.05, 0.1) is 12.5 Å². The van der Waals surface area contributed by atoms with Crippen LogP contribution >= 0.6 is 0 Å². The molecule has 2 aromatic heterocycles. The van der Waals surface area contributed by atoms with E-state index in [9.17, 15) is 0 Å². The molecule has 6 nitrogen and oxygen atoms in total. The van der Waals surface area contributed by atoms with Gasteiger partial charge in [0, 0.05) is 24.2 Å². The Morgan fingerprint density at radius 1 is 1.33 bits per heavy atom. The van der Waals surface area contributed by atoms with E-state index in [2.05, 4.69) is 26.9 Å². The van der Waals surface area contributed by atoms with Gasteiger partial charge in [-0.1, -0.05) is 19.8 Å². The Bertz CT molecular complexity index is 600. The maximum absolute atomic E-state index is 5.57. The number of rotatable bonds is 5. The van der Waals surface area contributed by atoms with Crippen molar-refractivity contribution in [3.8, 4) is 11.5 Å². The van der Waals surface area contributed by atoms with Crippen molar-refractivity contribution in [3.05, 3.63) is 24.3 Å². The van der Waals surface area contributed by atoms with Gasteiger partial charge >= 0.3 is 0 Å². The van der Waals surface area contributed by atoms with Crippen molar-refractivity contribution in [1.82, 2.24) is 19.5 Å². The summed E-state index contributed by atoms with van der Waals surface area (Å²) in [5, 5.41) is 0. The molecule has 0 aliphatic heterocycles. The normalized spacial score (nSPS) is 15.5. The molecular formula is C15H22N6. The first-order valence-corrected chi connectivity index (χ1v) is 7.68. The maximum atomic E-state index is 5.57. The van der Waals surface area contributed by atoms with Crippen LogP contribution in [0, 0.1) is 0 Å². The van der Waals surface area contributed by atoms with E-state index < -0.39 is 0 Å². The van der Waals surface area contributed by atoms with Crippen LogP contribution in [-0.2, 0) is 6.54 Å². The lowest BCUT2D eigenvalue weighted by Gasteiger charge is -2.13. The third kappa shape index (κ3) is 2.90. The van der Waals surface area contributed by atoms with Gasteiger partial charge in [-0.2, -0.15) is 0 Å². The Morgan fingerprint density at radius 3 is 2.86 bits per heavy atom. The molecule has 0 aromatic carbocycles. The number of aromatic nitrogens is 4. The monoisotopic (exact) mass is 286 g/mol. The van der Waals surface area contributed by atoms with Gasteiger partial charge in [0.2, 0.25) is 0 Å². The molecule has 2 aromatic rings. The van der Waals surface area contributed by atoms with Crippen molar-refractivity contribution >= 4 is 5.82 Å². The number of nitrogens with zero attached hydrogens (tertiary/aromatic N) is 4. The Balaban J connectivity index is 2.00. The Hall–Kier alpha value is -1.95. The largest absolute Gasteiger partial charge is 0.328 e. The van der Waals surface area contributed by atoms with Crippen LogP contribution in [0.1, 0.15) is 50.6 Å². The van der Waals surface area contributed by atoms with Crippen molar-refractivity contribution in [3.63, 3.8) is 0 Å². The molecule has 1 fully saturated rings. The predicted octanol–water partition coefficient (Wildman–Crippen LogP) is 2.69. The Labute approximate surface area is 124 Å². The fraction of sp³-hybridized carbons (Fsp3) is 0.533. The van der Waals surface area contributed by atoms with Crippen molar-refractivity contribution in [2.45, 2.75) is 51.5 Å². The van der Waals surface area contributed by atoms with E-state index in [0.717, 1.165) is 24.4 Å². The fourth-order valence-corrected chi connectivity index (χ4v) is 3.01. The second-order valence-corrected chi connectivity index (χ2v) is 5.60. The second-order valence-electron chi connectivity index (χ2n) is 5.60. The molecule has 0 saturated heterocycles. The van der Waals surface area contributed by atoms with E-state index in [-0.39, 0.29) is 0 Å². The highest BCUT2D eigenvalue weighted by Crippen LogP contribution is 2.34. The van der Waals surface area contributed by atoms with Crippen molar-refractivity contribution in [2.75, 3.05) is 5.43 Å². The molecule has 3 rings (SSSR count). The highest BCUT2D eigenvalue weighted by atomic mass is 15.3. The van der Waals surface area contributed by atoms with Gasteiger partial charge in [-0.15, -0.1) is 0 Å². The molecule has 3 N–H and O–H groups in total. The Kier molecular flexibility index (Phi) is 4.15. The predicted molar refractivity (Wildman–Crippen MR) is 82.6 cm³/mol. The molecule has 0 spiro atoms. The van der Waals surface area contributed by atoms with Crippen LogP contribution < -0.4 is 11.3 Å². The number of hydrazine groups is 1. The summed E-state index contributed by atoms with van der Waals surface area (Å²) >= 11 is 0. The van der Waals surface area contributed by atoms with Gasteiger partial charge in [-0.25, -0.2) is 20.8 Å². The number of anilines is 1. The van der Waals surface area contributed by atoms with E-state index in [1.54, 1.807) is 0 Å². The number of hydrogen-bond donors (Lipinski definition) is 2. The third-order valence-electron chi connectivity index (χ3n) is 4.07.